The van der Waals surface area contributed by atoms with Gasteiger partial charge in [-0.25, -0.2) is 19.6 Å². The summed E-state index contributed by atoms with van der Waals surface area (Å²) >= 11 is 0. The maximum atomic E-state index is 4.17. The first-order valence-electron chi connectivity index (χ1n) is 4.32. The van der Waals surface area contributed by atoms with E-state index in [2.05, 4.69) is 25.4 Å². The van der Waals surface area contributed by atoms with Crippen LogP contribution in [0.25, 0.3) is 5.82 Å². The molecule has 2 heterocycles. The number of hydrogen-bond acceptors (Lipinski definition) is 5. The van der Waals surface area contributed by atoms with Crippen molar-refractivity contribution in [2.75, 3.05) is 11.9 Å². The first-order chi connectivity index (χ1) is 6.90. The van der Waals surface area contributed by atoms with Crippen LogP contribution < -0.4 is 5.32 Å². The summed E-state index contributed by atoms with van der Waals surface area (Å²) in [5, 5.41) is 7.19. The number of aromatic nitrogens is 5. The minimum atomic E-state index is 0.603. The molecule has 0 bridgehead atoms. The van der Waals surface area contributed by atoms with Gasteiger partial charge in [0.2, 0.25) is 5.95 Å². The maximum absolute atomic E-state index is 4.17. The lowest BCUT2D eigenvalue weighted by molar-refractivity contribution is 0.838. The molecule has 0 radical (unpaired) electrons. The summed E-state index contributed by atoms with van der Waals surface area (Å²) < 4.78 is 1.60. The van der Waals surface area contributed by atoms with Crippen molar-refractivity contribution >= 4 is 5.95 Å². The largest absolute Gasteiger partial charge is 0.353 e. The molecule has 0 fully saturated rings. The monoisotopic (exact) mass is 190 g/mol. The third-order valence-electron chi connectivity index (χ3n) is 1.63. The minimum Gasteiger partial charge on any atom is -0.353 e. The van der Waals surface area contributed by atoms with Crippen LogP contribution in [0.3, 0.4) is 0 Å². The van der Waals surface area contributed by atoms with Crippen LogP contribution in [-0.4, -0.2) is 31.3 Å². The van der Waals surface area contributed by atoms with Gasteiger partial charge in [0.15, 0.2) is 5.82 Å². The molecule has 0 spiro atoms. The zero-order valence-electron chi connectivity index (χ0n) is 7.75. The molecular formula is C8H10N6. The fourth-order valence-corrected chi connectivity index (χ4v) is 1.03. The molecule has 0 aliphatic heterocycles. The molecule has 0 amide bonds. The van der Waals surface area contributed by atoms with Gasteiger partial charge in [0.25, 0.3) is 0 Å². The van der Waals surface area contributed by atoms with Crippen LogP contribution >= 0.6 is 0 Å². The van der Waals surface area contributed by atoms with E-state index in [9.17, 15) is 0 Å². The van der Waals surface area contributed by atoms with Gasteiger partial charge in [-0.3, -0.25) is 0 Å². The van der Waals surface area contributed by atoms with Crippen molar-refractivity contribution in [1.82, 2.24) is 24.7 Å². The van der Waals surface area contributed by atoms with Crippen molar-refractivity contribution < 1.29 is 0 Å². The number of rotatable bonds is 3. The van der Waals surface area contributed by atoms with Crippen molar-refractivity contribution in [3.8, 4) is 5.82 Å². The molecule has 2 rings (SSSR count). The average molecular weight is 190 g/mol. The molecule has 14 heavy (non-hydrogen) atoms. The Balaban J connectivity index is 2.25. The normalized spacial score (nSPS) is 10.1. The second kappa shape index (κ2) is 3.82. The quantitative estimate of drug-likeness (QED) is 0.762. The van der Waals surface area contributed by atoms with Gasteiger partial charge in [-0.1, -0.05) is 0 Å². The van der Waals surface area contributed by atoms with Gasteiger partial charge in [-0.2, -0.15) is 0 Å². The summed E-state index contributed by atoms with van der Waals surface area (Å²) in [6.07, 6.45) is 4.75. The topological polar surface area (TPSA) is 68.5 Å². The highest BCUT2D eigenvalue weighted by Gasteiger charge is 2.00. The van der Waals surface area contributed by atoms with Gasteiger partial charge in [-0.15, -0.1) is 5.10 Å². The van der Waals surface area contributed by atoms with Crippen LogP contribution in [0.2, 0.25) is 0 Å². The molecule has 72 valence electrons. The summed E-state index contributed by atoms with van der Waals surface area (Å²) in [6.45, 7) is 2.79. The van der Waals surface area contributed by atoms with Gasteiger partial charge < -0.3 is 5.32 Å². The standard InChI is InChI=1S/C8H10N6/c1-2-10-8-12-6-14(13-8)7-3-4-9-5-11-7/h3-6H,2H2,1H3,(H,10,13). The van der Waals surface area contributed by atoms with E-state index in [1.165, 1.54) is 6.33 Å². The summed E-state index contributed by atoms with van der Waals surface area (Å²) in [5.74, 6) is 1.31. The van der Waals surface area contributed by atoms with E-state index in [1.807, 2.05) is 6.92 Å². The van der Waals surface area contributed by atoms with Crippen molar-refractivity contribution in [3.05, 3.63) is 24.9 Å². The van der Waals surface area contributed by atoms with E-state index in [1.54, 1.807) is 23.3 Å². The summed E-state index contributed by atoms with van der Waals surface area (Å²) in [4.78, 5) is 11.9. The zero-order chi connectivity index (χ0) is 9.80. The molecule has 0 atom stereocenters. The maximum Gasteiger partial charge on any atom is 0.242 e. The number of nitrogens with one attached hydrogen (secondary N) is 1. The second-order valence-corrected chi connectivity index (χ2v) is 2.61. The van der Waals surface area contributed by atoms with E-state index < -0.39 is 0 Å². The molecule has 6 heteroatoms. The highest BCUT2D eigenvalue weighted by molar-refractivity contribution is 5.24. The summed E-state index contributed by atoms with van der Waals surface area (Å²) in [6, 6.07) is 1.77. The van der Waals surface area contributed by atoms with Gasteiger partial charge in [0.1, 0.15) is 12.7 Å². The van der Waals surface area contributed by atoms with Crippen LogP contribution in [0.4, 0.5) is 5.95 Å². The number of hydrogen-bond donors (Lipinski definition) is 1. The molecule has 2 aromatic rings. The van der Waals surface area contributed by atoms with Crippen LogP contribution in [0.5, 0.6) is 0 Å². The van der Waals surface area contributed by atoms with Crippen LogP contribution in [-0.2, 0) is 0 Å². The SMILES string of the molecule is CCNc1ncn(-c2ccncn2)n1. The number of nitrogens with zero attached hydrogens (tertiary/aromatic N) is 5. The lowest BCUT2D eigenvalue weighted by Gasteiger charge is -1.96. The predicted molar refractivity (Wildman–Crippen MR) is 51.1 cm³/mol. The molecule has 6 nitrogen and oxygen atoms in total. The van der Waals surface area contributed by atoms with E-state index >= 15 is 0 Å². The first kappa shape index (κ1) is 8.61. The Labute approximate surface area is 81.0 Å². The van der Waals surface area contributed by atoms with E-state index in [0.29, 0.717) is 11.8 Å². The van der Waals surface area contributed by atoms with Gasteiger partial charge in [0, 0.05) is 18.8 Å². The van der Waals surface area contributed by atoms with Crippen LogP contribution in [0, 0.1) is 0 Å². The Hall–Kier alpha value is -1.98. The highest BCUT2D eigenvalue weighted by atomic mass is 15.4. The van der Waals surface area contributed by atoms with E-state index in [0.717, 1.165) is 6.54 Å². The van der Waals surface area contributed by atoms with Gasteiger partial charge in [0.05, 0.1) is 0 Å². The van der Waals surface area contributed by atoms with Gasteiger partial charge in [-0.05, 0) is 6.92 Å². The molecule has 0 unspecified atom stereocenters. The molecule has 0 aliphatic rings. The summed E-state index contributed by atoms with van der Waals surface area (Å²) in [7, 11) is 0. The zero-order valence-corrected chi connectivity index (χ0v) is 7.75. The fraction of sp³-hybridized carbons (Fsp3) is 0.250. The van der Waals surface area contributed by atoms with Crippen LogP contribution in [0.15, 0.2) is 24.9 Å². The van der Waals surface area contributed by atoms with E-state index in [4.69, 9.17) is 0 Å². The van der Waals surface area contributed by atoms with Gasteiger partial charge >= 0.3 is 0 Å². The predicted octanol–water partition coefficient (Wildman–Crippen LogP) is 0.489. The molecule has 0 saturated heterocycles. The summed E-state index contributed by atoms with van der Waals surface area (Å²) in [5.41, 5.74) is 0. The molecule has 0 aromatic carbocycles. The van der Waals surface area contributed by atoms with Crippen molar-refractivity contribution in [2.45, 2.75) is 6.92 Å². The molecule has 0 aliphatic carbocycles. The van der Waals surface area contributed by atoms with Crippen molar-refractivity contribution in [2.24, 2.45) is 0 Å². The lowest BCUT2D eigenvalue weighted by Crippen LogP contribution is -2.01. The third-order valence-corrected chi connectivity index (χ3v) is 1.63. The molecule has 1 N–H and O–H groups in total. The van der Waals surface area contributed by atoms with Crippen molar-refractivity contribution in [3.63, 3.8) is 0 Å². The Bertz CT molecular complexity index is 395. The third kappa shape index (κ3) is 1.68. The molecule has 2 aromatic heterocycles. The molecular weight excluding hydrogens is 180 g/mol. The van der Waals surface area contributed by atoms with E-state index in [-0.39, 0.29) is 0 Å². The first-order valence-corrected chi connectivity index (χ1v) is 4.32. The van der Waals surface area contributed by atoms with Crippen LogP contribution in [0.1, 0.15) is 6.92 Å². The Morgan fingerprint density at radius 3 is 3.07 bits per heavy atom. The lowest BCUT2D eigenvalue weighted by atomic mass is 10.6. The Morgan fingerprint density at radius 1 is 1.43 bits per heavy atom. The highest BCUT2D eigenvalue weighted by Crippen LogP contribution is 2.02. The second-order valence-electron chi connectivity index (χ2n) is 2.61. The Kier molecular flexibility index (Phi) is 2.35. The molecule has 0 saturated carbocycles. The van der Waals surface area contributed by atoms with Crippen molar-refractivity contribution in [1.29, 1.82) is 0 Å². The fourth-order valence-electron chi connectivity index (χ4n) is 1.03. The smallest absolute Gasteiger partial charge is 0.242 e. The number of anilines is 1. The Morgan fingerprint density at radius 2 is 2.36 bits per heavy atom. The minimum absolute atomic E-state index is 0.603. The average Bonchev–Trinajstić information content (AvgIpc) is 2.68.